The Bertz CT molecular complexity index is 738. The second-order valence-corrected chi connectivity index (χ2v) is 7.93. The van der Waals surface area contributed by atoms with E-state index in [1.54, 1.807) is 4.57 Å². The van der Waals surface area contributed by atoms with E-state index in [0.717, 1.165) is 42.9 Å². The Morgan fingerprint density at radius 1 is 1.04 bits per heavy atom. The average Bonchev–Trinajstić information content (AvgIpc) is 3.00. The molecule has 0 bridgehead atoms. The van der Waals surface area contributed by atoms with Crippen LogP contribution in [0.4, 0.5) is 10.6 Å². The molecule has 1 aromatic heterocycles. The SMILES string of the molecule is CC(C)(C)OC(=O)n1cc(-c2ccc(Cl)cc2)cc1N1CCCCC1. The molecule has 1 aliphatic heterocycles. The van der Waals surface area contributed by atoms with Crippen LogP contribution >= 0.6 is 11.6 Å². The van der Waals surface area contributed by atoms with E-state index in [4.69, 9.17) is 16.3 Å². The first-order valence-electron chi connectivity index (χ1n) is 8.80. The van der Waals surface area contributed by atoms with Crippen molar-refractivity contribution < 1.29 is 9.53 Å². The van der Waals surface area contributed by atoms with Crippen LogP contribution in [0.15, 0.2) is 36.5 Å². The molecule has 0 atom stereocenters. The maximum Gasteiger partial charge on any atom is 0.420 e. The van der Waals surface area contributed by atoms with Crippen molar-refractivity contribution in [3.63, 3.8) is 0 Å². The lowest BCUT2D eigenvalue weighted by molar-refractivity contribution is 0.0539. The number of hydrogen-bond donors (Lipinski definition) is 0. The minimum absolute atomic E-state index is 0.340. The number of hydrogen-bond acceptors (Lipinski definition) is 3. The quantitative estimate of drug-likeness (QED) is 0.700. The zero-order chi connectivity index (χ0) is 18.0. The first-order valence-corrected chi connectivity index (χ1v) is 9.18. The van der Waals surface area contributed by atoms with Crippen LogP contribution < -0.4 is 4.90 Å². The Morgan fingerprint density at radius 2 is 1.68 bits per heavy atom. The maximum absolute atomic E-state index is 12.7. The van der Waals surface area contributed by atoms with E-state index in [0.29, 0.717) is 5.02 Å². The number of piperidine rings is 1. The van der Waals surface area contributed by atoms with Crippen molar-refractivity contribution in [3.05, 3.63) is 41.6 Å². The van der Waals surface area contributed by atoms with Crippen LogP contribution in [-0.4, -0.2) is 29.4 Å². The van der Waals surface area contributed by atoms with Crippen molar-refractivity contribution in [3.8, 4) is 11.1 Å². The molecule has 134 valence electrons. The molecule has 0 unspecified atom stereocenters. The van der Waals surface area contributed by atoms with Gasteiger partial charge >= 0.3 is 6.09 Å². The molecule has 0 radical (unpaired) electrons. The van der Waals surface area contributed by atoms with Gasteiger partial charge in [0.1, 0.15) is 11.4 Å². The van der Waals surface area contributed by atoms with Gasteiger partial charge in [0.25, 0.3) is 0 Å². The van der Waals surface area contributed by atoms with Gasteiger partial charge in [0.2, 0.25) is 0 Å². The van der Waals surface area contributed by atoms with Gasteiger partial charge < -0.3 is 9.64 Å². The van der Waals surface area contributed by atoms with E-state index in [-0.39, 0.29) is 6.09 Å². The summed E-state index contributed by atoms with van der Waals surface area (Å²) in [6.45, 7) is 7.58. The highest BCUT2D eigenvalue weighted by atomic mass is 35.5. The van der Waals surface area contributed by atoms with Gasteiger partial charge in [0, 0.05) is 29.9 Å². The molecular formula is C20H25ClN2O2. The van der Waals surface area contributed by atoms with Crippen LogP contribution in [0.3, 0.4) is 0 Å². The zero-order valence-corrected chi connectivity index (χ0v) is 15.8. The Hall–Kier alpha value is -1.94. The van der Waals surface area contributed by atoms with Gasteiger partial charge in [-0.2, -0.15) is 0 Å². The summed E-state index contributed by atoms with van der Waals surface area (Å²) < 4.78 is 7.24. The Morgan fingerprint density at radius 3 is 2.28 bits per heavy atom. The monoisotopic (exact) mass is 360 g/mol. The van der Waals surface area contributed by atoms with Crippen molar-refractivity contribution in [2.45, 2.75) is 45.6 Å². The van der Waals surface area contributed by atoms with Crippen molar-refractivity contribution in [2.75, 3.05) is 18.0 Å². The van der Waals surface area contributed by atoms with E-state index >= 15 is 0 Å². The summed E-state index contributed by atoms with van der Waals surface area (Å²) in [6, 6.07) is 9.73. The maximum atomic E-state index is 12.7. The van der Waals surface area contributed by atoms with Crippen LogP contribution in [0.5, 0.6) is 0 Å². The summed E-state index contributed by atoms with van der Waals surface area (Å²) in [5.74, 6) is 0.902. The molecule has 2 heterocycles. The molecule has 4 nitrogen and oxygen atoms in total. The number of rotatable bonds is 2. The Labute approximate surface area is 154 Å². The summed E-state index contributed by atoms with van der Waals surface area (Å²) in [5.41, 5.74) is 1.49. The second-order valence-electron chi connectivity index (χ2n) is 7.49. The van der Waals surface area contributed by atoms with E-state index < -0.39 is 5.60 Å². The summed E-state index contributed by atoms with van der Waals surface area (Å²) >= 11 is 5.99. The summed E-state index contributed by atoms with van der Waals surface area (Å²) in [7, 11) is 0. The van der Waals surface area contributed by atoms with Gasteiger partial charge in [-0.1, -0.05) is 23.7 Å². The van der Waals surface area contributed by atoms with E-state index in [1.165, 1.54) is 6.42 Å². The molecule has 0 N–H and O–H groups in total. The second kappa shape index (κ2) is 7.12. The molecule has 0 spiro atoms. The van der Waals surface area contributed by atoms with Crippen LogP contribution in [0.25, 0.3) is 11.1 Å². The molecular weight excluding hydrogens is 336 g/mol. The third-order valence-corrected chi connectivity index (χ3v) is 4.50. The average molecular weight is 361 g/mol. The standard InChI is InChI=1S/C20H25ClN2O2/c1-20(2,3)25-19(24)23-14-16(15-7-9-17(21)10-8-15)13-18(23)22-11-5-4-6-12-22/h7-10,13-14H,4-6,11-12H2,1-3H3. The number of anilines is 1. The summed E-state index contributed by atoms with van der Waals surface area (Å²) in [4.78, 5) is 15.0. The fraction of sp³-hybridized carbons (Fsp3) is 0.450. The molecule has 0 aliphatic carbocycles. The van der Waals surface area contributed by atoms with Crippen LogP contribution in [0.2, 0.25) is 5.02 Å². The molecule has 1 fully saturated rings. The topological polar surface area (TPSA) is 34.5 Å². The summed E-state index contributed by atoms with van der Waals surface area (Å²) in [5, 5.41) is 0.701. The Balaban J connectivity index is 1.98. The number of ether oxygens (including phenoxy) is 1. The predicted octanol–water partition coefficient (Wildman–Crippen LogP) is 5.58. The fourth-order valence-electron chi connectivity index (χ4n) is 3.08. The molecule has 1 saturated heterocycles. The minimum atomic E-state index is -0.527. The third kappa shape index (κ3) is 4.37. The molecule has 1 aromatic carbocycles. The predicted molar refractivity (Wildman–Crippen MR) is 103 cm³/mol. The van der Waals surface area contributed by atoms with Gasteiger partial charge in [0.05, 0.1) is 0 Å². The third-order valence-electron chi connectivity index (χ3n) is 4.25. The van der Waals surface area contributed by atoms with Crippen molar-refractivity contribution >= 4 is 23.5 Å². The fourth-order valence-corrected chi connectivity index (χ4v) is 3.20. The van der Waals surface area contributed by atoms with Gasteiger partial charge in [-0.3, -0.25) is 0 Å². The van der Waals surface area contributed by atoms with Crippen LogP contribution in [0.1, 0.15) is 40.0 Å². The Kier molecular flexibility index (Phi) is 5.09. The highest BCUT2D eigenvalue weighted by molar-refractivity contribution is 6.30. The lowest BCUT2D eigenvalue weighted by atomic mass is 10.1. The van der Waals surface area contributed by atoms with Gasteiger partial charge in [-0.15, -0.1) is 0 Å². The minimum Gasteiger partial charge on any atom is -0.443 e. The number of aromatic nitrogens is 1. The normalized spacial score (nSPS) is 15.3. The number of benzene rings is 1. The molecule has 1 aliphatic rings. The number of halogens is 1. The molecule has 3 rings (SSSR count). The lowest BCUT2D eigenvalue weighted by Crippen LogP contribution is -2.34. The molecule has 0 amide bonds. The number of nitrogens with zero attached hydrogens (tertiary/aromatic N) is 2. The molecule has 0 saturated carbocycles. The molecule has 25 heavy (non-hydrogen) atoms. The van der Waals surface area contributed by atoms with Crippen molar-refractivity contribution in [1.82, 2.24) is 4.57 Å². The first kappa shape index (κ1) is 17.9. The smallest absolute Gasteiger partial charge is 0.420 e. The summed E-state index contributed by atoms with van der Waals surface area (Å²) in [6.07, 6.45) is 5.06. The van der Waals surface area contributed by atoms with Gasteiger partial charge in [-0.25, -0.2) is 9.36 Å². The highest BCUT2D eigenvalue weighted by Crippen LogP contribution is 2.30. The van der Waals surface area contributed by atoms with Gasteiger partial charge in [-0.05, 0) is 63.8 Å². The van der Waals surface area contributed by atoms with Crippen molar-refractivity contribution in [1.29, 1.82) is 0 Å². The number of carbonyl (C=O) groups is 1. The largest absolute Gasteiger partial charge is 0.443 e. The molecule has 2 aromatic rings. The van der Waals surface area contributed by atoms with Crippen LogP contribution in [-0.2, 0) is 4.74 Å². The number of carbonyl (C=O) groups excluding carboxylic acids is 1. The molecule has 5 heteroatoms. The van der Waals surface area contributed by atoms with E-state index in [1.807, 2.05) is 51.2 Å². The van der Waals surface area contributed by atoms with E-state index in [9.17, 15) is 4.79 Å². The van der Waals surface area contributed by atoms with E-state index in [2.05, 4.69) is 11.0 Å². The lowest BCUT2D eigenvalue weighted by Gasteiger charge is -2.29. The van der Waals surface area contributed by atoms with Gasteiger partial charge in [0.15, 0.2) is 0 Å². The van der Waals surface area contributed by atoms with Crippen molar-refractivity contribution in [2.24, 2.45) is 0 Å². The first-order chi connectivity index (χ1) is 11.8. The highest BCUT2D eigenvalue weighted by Gasteiger charge is 2.24. The zero-order valence-electron chi connectivity index (χ0n) is 15.1. The van der Waals surface area contributed by atoms with Crippen LogP contribution in [0, 0.1) is 0 Å².